The number of nitrogens with one attached hydrogen (secondary N) is 2. The number of aromatic nitrogens is 1. The molecular weight excluding hydrogens is 414 g/mol. The summed E-state index contributed by atoms with van der Waals surface area (Å²) in [6, 6.07) is 1.70. The Hall–Kier alpha value is -3.49. The van der Waals surface area contributed by atoms with Crippen LogP contribution >= 0.6 is 0 Å². The molecule has 12 heteroatoms. The molecule has 2 fully saturated rings. The van der Waals surface area contributed by atoms with Crippen LogP contribution < -0.4 is 20.6 Å². The van der Waals surface area contributed by atoms with Crippen LogP contribution in [0.4, 0.5) is 19.3 Å². The second kappa shape index (κ2) is 9.11. The second-order valence-corrected chi connectivity index (χ2v) is 7.50. The molecule has 2 aliphatic heterocycles. The van der Waals surface area contributed by atoms with Gasteiger partial charge in [-0.1, -0.05) is 0 Å². The predicted molar refractivity (Wildman–Crippen MR) is 101 cm³/mol. The summed E-state index contributed by atoms with van der Waals surface area (Å²) in [5.74, 6) is -4.47. The lowest BCUT2D eigenvalue weighted by Crippen LogP contribution is -2.49. The Morgan fingerprint density at radius 1 is 1.32 bits per heavy atom. The number of carboxylic acid groups (broad SMARTS) is 1. The van der Waals surface area contributed by atoms with E-state index in [9.17, 15) is 28.3 Å². The molecule has 31 heavy (non-hydrogen) atoms. The van der Waals surface area contributed by atoms with Gasteiger partial charge in [-0.2, -0.15) is 5.26 Å². The Morgan fingerprint density at radius 3 is 2.68 bits per heavy atom. The van der Waals surface area contributed by atoms with Gasteiger partial charge in [-0.05, 0) is 18.9 Å². The lowest BCUT2D eigenvalue weighted by atomic mass is 10.0. The molecule has 3 heterocycles. The first kappa shape index (κ1) is 22.2. The summed E-state index contributed by atoms with van der Waals surface area (Å²) in [7, 11) is 0. The first-order valence-electron chi connectivity index (χ1n) is 9.72. The van der Waals surface area contributed by atoms with Gasteiger partial charge in [0.2, 0.25) is 5.91 Å². The topological polar surface area (TPSA) is 141 Å². The third-order valence-corrected chi connectivity index (χ3v) is 5.34. The van der Waals surface area contributed by atoms with E-state index in [1.807, 2.05) is 4.90 Å². The fourth-order valence-corrected chi connectivity index (χ4v) is 3.81. The number of carbonyl (C=O) groups excluding carboxylic acids is 3. The highest BCUT2D eigenvalue weighted by Gasteiger charge is 2.47. The molecule has 0 aliphatic carbocycles. The van der Waals surface area contributed by atoms with Gasteiger partial charge in [-0.25, -0.2) is 8.78 Å². The minimum Gasteiger partial charge on any atom is -0.530 e. The summed E-state index contributed by atoms with van der Waals surface area (Å²) in [4.78, 5) is 42.3. The van der Waals surface area contributed by atoms with Crippen LogP contribution in [0.3, 0.4) is 0 Å². The first-order valence-corrected chi connectivity index (χ1v) is 9.72. The Kier molecular flexibility index (Phi) is 6.53. The molecule has 0 bridgehead atoms. The number of anilines is 1. The minimum absolute atomic E-state index is 0.237. The van der Waals surface area contributed by atoms with Crippen LogP contribution in [0.25, 0.3) is 0 Å². The van der Waals surface area contributed by atoms with Gasteiger partial charge in [-0.3, -0.25) is 14.6 Å². The number of hydrogen-bond acceptors (Lipinski definition) is 7. The zero-order valence-corrected chi connectivity index (χ0v) is 16.5. The summed E-state index contributed by atoms with van der Waals surface area (Å²) in [6.07, 6.45) is 1.88. The number of rotatable bonds is 5. The SMILES string of the molecule is N#C[C@@H]1CC(F)(F)CN1C(=O)CNC(=O)c1ccncc1N1CCC(NC(=O)[O-])CC1. The van der Waals surface area contributed by atoms with E-state index >= 15 is 0 Å². The van der Waals surface area contributed by atoms with Crippen LogP contribution in [0.5, 0.6) is 0 Å². The number of nitriles is 1. The lowest BCUT2D eigenvalue weighted by molar-refractivity contribution is -0.251. The molecule has 2 N–H and O–H groups in total. The molecule has 1 aromatic rings. The van der Waals surface area contributed by atoms with Gasteiger partial charge >= 0.3 is 0 Å². The number of alkyl halides is 2. The monoisotopic (exact) mass is 435 g/mol. The molecule has 2 aliphatic rings. The molecule has 0 aromatic carbocycles. The van der Waals surface area contributed by atoms with Crippen LogP contribution in [0.15, 0.2) is 18.5 Å². The highest BCUT2D eigenvalue weighted by atomic mass is 19.3. The molecule has 0 radical (unpaired) electrons. The van der Waals surface area contributed by atoms with E-state index < -0.39 is 49.4 Å². The average Bonchev–Trinajstić information content (AvgIpc) is 3.06. The van der Waals surface area contributed by atoms with Crippen molar-refractivity contribution in [1.82, 2.24) is 20.5 Å². The standard InChI is InChI=1S/C19H22F2N6O4/c20-19(21)7-13(8-22)27(11-19)16(28)10-24-17(29)14-1-4-23-9-15(14)26-5-2-12(3-6-26)25-18(30)31/h1,4,9,12-13,25H,2-3,5-7,10-11H2,(H,24,29)(H,30,31)/p-1/t13-/m0/s1. The average molecular weight is 435 g/mol. The molecule has 2 saturated heterocycles. The number of piperidine rings is 1. The van der Waals surface area contributed by atoms with Crippen molar-refractivity contribution >= 4 is 23.6 Å². The molecule has 0 saturated carbocycles. The van der Waals surface area contributed by atoms with Crippen molar-refractivity contribution in [3.05, 3.63) is 24.0 Å². The maximum Gasteiger partial charge on any atom is 0.268 e. The Labute approximate surface area is 176 Å². The summed E-state index contributed by atoms with van der Waals surface area (Å²) >= 11 is 0. The number of halogens is 2. The van der Waals surface area contributed by atoms with Crippen molar-refractivity contribution in [2.75, 3.05) is 31.1 Å². The van der Waals surface area contributed by atoms with Gasteiger partial charge < -0.3 is 30.3 Å². The highest BCUT2D eigenvalue weighted by molar-refractivity contribution is 6.01. The van der Waals surface area contributed by atoms with Gasteiger partial charge in [0.1, 0.15) is 12.1 Å². The zero-order chi connectivity index (χ0) is 22.6. The lowest BCUT2D eigenvalue weighted by Gasteiger charge is -2.35. The van der Waals surface area contributed by atoms with Gasteiger partial charge in [-0.15, -0.1) is 0 Å². The Balaban J connectivity index is 1.61. The molecular formula is C19H21F2N6O4-. The quantitative estimate of drug-likeness (QED) is 0.633. The van der Waals surface area contributed by atoms with Gasteiger partial charge in [0.15, 0.2) is 0 Å². The fraction of sp³-hybridized carbons (Fsp3) is 0.526. The molecule has 0 spiro atoms. The zero-order valence-electron chi connectivity index (χ0n) is 16.5. The molecule has 1 aromatic heterocycles. The molecule has 1 atom stereocenters. The predicted octanol–water partition coefficient (Wildman–Crippen LogP) is -0.527. The van der Waals surface area contributed by atoms with E-state index in [1.54, 1.807) is 6.07 Å². The molecule has 166 valence electrons. The number of carbonyl (C=O) groups is 3. The number of likely N-dealkylation sites (tertiary alicyclic amines) is 1. The Morgan fingerprint density at radius 2 is 2.03 bits per heavy atom. The van der Waals surface area contributed by atoms with Crippen LogP contribution in [-0.4, -0.2) is 72.0 Å². The van der Waals surface area contributed by atoms with Crippen molar-refractivity contribution in [3.8, 4) is 6.07 Å². The van der Waals surface area contributed by atoms with Crippen molar-refractivity contribution in [3.63, 3.8) is 0 Å². The summed E-state index contributed by atoms with van der Waals surface area (Å²) < 4.78 is 27.1. The number of nitrogens with zero attached hydrogens (tertiary/aromatic N) is 4. The van der Waals surface area contributed by atoms with Gasteiger partial charge in [0, 0.05) is 31.7 Å². The van der Waals surface area contributed by atoms with Crippen molar-refractivity contribution in [2.24, 2.45) is 0 Å². The van der Waals surface area contributed by atoms with Crippen LogP contribution in [0, 0.1) is 11.3 Å². The number of hydrogen-bond donors (Lipinski definition) is 2. The van der Waals surface area contributed by atoms with Crippen LogP contribution in [0.1, 0.15) is 29.6 Å². The van der Waals surface area contributed by atoms with E-state index in [0.717, 1.165) is 4.90 Å². The third-order valence-electron chi connectivity index (χ3n) is 5.34. The van der Waals surface area contributed by atoms with E-state index in [4.69, 9.17) is 5.26 Å². The first-order chi connectivity index (χ1) is 14.7. The second-order valence-electron chi connectivity index (χ2n) is 7.50. The van der Waals surface area contributed by atoms with Crippen molar-refractivity contribution < 1.29 is 28.3 Å². The van der Waals surface area contributed by atoms with E-state index in [1.165, 1.54) is 18.5 Å². The third kappa shape index (κ3) is 5.36. The molecule has 3 rings (SSSR count). The van der Waals surface area contributed by atoms with Crippen LogP contribution in [0.2, 0.25) is 0 Å². The van der Waals surface area contributed by atoms with Gasteiger partial charge in [0.05, 0.1) is 36.6 Å². The molecule has 3 amide bonds. The van der Waals surface area contributed by atoms with E-state index in [2.05, 4.69) is 15.6 Å². The number of pyridine rings is 1. The van der Waals surface area contributed by atoms with E-state index in [-0.39, 0.29) is 11.6 Å². The van der Waals surface area contributed by atoms with Gasteiger partial charge in [0.25, 0.3) is 11.8 Å². The fourth-order valence-electron chi connectivity index (χ4n) is 3.81. The maximum atomic E-state index is 13.5. The molecule has 0 unspecified atom stereocenters. The van der Waals surface area contributed by atoms with E-state index in [0.29, 0.717) is 31.6 Å². The Bertz CT molecular complexity index is 898. The summed E-state index contributed by atoms with van der Waals surface area (Å²) in [5, 5.41) is 24.4. The maximum absolute atomic E-state index is 13.5. The smallest absolute Gasteiger partial charge is 0.268 e. The largest absolute Gasteiger partial charge is 0.530 e. The summed E-state index contributed by atoms with van der Waals surface area (Å²) in [6.45, 7) is -0.424. The minimum atomic E-state index is -3.13. The molecule has 10 nitrogen and oxygen atoms in total. The van der Waals surface area contributed by atoms with Crippen LogP contribution in [-0.2, 0) is 4.79 Å². The number of amides is 3. The van der Waals surface area contributed by atoms with Crippen molar-refractivity contribution in [2.45, 2.75) is 37.3 Å². The van der Waals surface area contributed by atoms with Crippen molar-refractivity contribution in [1.29, 1.82) is 5.26 Å². The highest BCUT2D eigenvalue weighted by Crippen LogP contribution is 2.31. The normalized spacial score (nSPS) is 20.7. The summed E-state index contributed by atoms with van der Waals surface area (Å²) in [5.41, 5.74) is 0.764.